The molecule has 8 nitrogen and oxygen atoms in total. The Balaban J connectivity index is 2.10. The summed E-state index contributed by atoms with van der Waals surface area (Å²) in [4.78, 5) is 24.3. The zero-order valence-electron chi connectivity index (χ0n) is 15.3. The van der Waals surface area contributed by atoms with E-state index in [1.165, 1.54) is 13.0 Å². The molecule has 6 atom stereocenters. The fourth-order valence-electron chi connectivity index (χ4n) is 3.91. The number of carbonyl (C=O) groups is 2. The molecule has 0 saturated carbocycles. The number of carbonyl (C=O) groups excluding carboxylic acids is 2. The fraction of sp³-hybridized carbons (Fsp3) is 0.579. The van der Waals surface area contributed by atoms with E-state index in [2.05, 4.69) is 13.2 Å². The van der Waals surface area contributed by atoms with Crippen molar-refractivity contribution in [1.82, 2.24) is 0 Å². The molecule has 3 rings (SSSR count). The van der Waals surface area contributed by atoms with Gasteiger partial charge in [-0.1, -0.05) is 13.2 Å². The number of ether oxygens (including phenoxy) is 3. The van der Waals surface area contributed by atoms with Crippen molar-refractivity contribution in [1.29, 1.82) is 0 Å². The van der Waals surface area contributed by atoms with Gasteiger partial charge >= 0.3 is 11.9 Å². The molecule has 3 heterocycles. The Morgan fingerprint density at radius 3 is 2.70 bits per heavy atom. The molecular formula is C19H24O8. The number of esters is 2. The topological polar surface area (TPSA) is 123 Å². The average Bonchev–Trinajstić information content (AvgIpc) is 2.98. The summed E-state index contributed by atoms with van der Waals surface area (Å²) in [6.45, 7) is 9.81. The van der Waals surface area contributed by atoms with Gasteiger partial charge in [-0.05, 0) is 19.9 Å². The Morgan fingerprint density at radius 1 is 1.44 bits per heavy atom. The van der Waals surface area contributed by atoms with E-state index in [9.17, 15) is 24.9 Å². The molecule has 0 unspecified atom stereocenters. The molecule has 8 heteroatoms. The van der Waals surface area contributed by atoms with E-state index in [0.29, 0.717) is 0 Å². The molecule has 2 saturated heterocycles. The van der Waals surface area contributed by atoms with Crippen molar-refractivity contribution in [2.45, 2.75) is 56.4 Å². The van der Waals surface area contributed by atoms with E-state index in [4.69, 9.17) is 14.2 Å². The van der Waals surface area contributed by atoms with E-state index in [1.54, 1.807) is 6.92 Å². The lowest BCUT2D eigenvalue weighted by Gasteiger charge is -2.34. The van der Waals surface area contributed by atoms with Crippen LogP contribution in [0, 0.1) is 5.92 Å². The van der Waals surface area contributed by atoms with Crippen molar-refractivity contribution >= 4 is 11.9 Å². The van der Waals surface area contributed by atoms with E-state index in [0.717, 1.165) is 0 Å². The Hall–Kier alpha value is -2.00. The van der Waals surface area contributed by atoms with E-state index >= 15 is 0 Å². The van der Waals surface area contributed by atoms with Crippen LogP contribution in [0.2, 0.25) is 0 Å². The summed E-state index contributed by atoms with van der Waals surface area (Å²) in [6, 6.07) is 0. The van der Waals surface area contributed by atoms with Crippen LogP contribution in [0.1, 0.15) is 26.7 Å². The van der Waals surface area contributed by atoms with E-state index in [1.807, 2.05) is 0 Å². The van der Waals surface area contributed by atoms with Gasteiger partial charge in [-0.15, -0.1) is 0 Å². The summed E-state index contributed by atoms with van der Waals surface area (Å²) in [6.07, 6.45) is -1.72. The first-order valence-corrected chi connectivity index (χ1v) is 8.69. The van der Waals surface area contributed by atoms with Crippen LogP contribution >= 0.6 is 0 Å². The van der Waals surface area contributed by atoms with Crippen LogP contribution in [0.4, 0.5) is 0 Å². The van der Waals surface area contributed by atoms with Crippen molar-refractivity contribution < 1.29 is 39.1 Å². The molecule has 0 aliphatic carbocycles. The lowest BCUT2D eigenvalue weighted by Crippen LogP contribution is -2.44. The Labute approximate surface area is 156 Å². The minimum atomic E-state index is -1.92. The highest BCUT2D eigenvalue weighted by Crippen LogP contribution is 2.48. The molecule has 2 bridgehead atoms. The maximum absolute atomic E-state index is 12.2. The summed E-state index contributed by atoms with van der Waals surface area (Å²) in [5.41, 5.74) is -0.946. The normalized spacial score (nSPS) is 42.9. The zero-order chi connectivity index (χ0) is 20.1. The van der Waals surface area contributed by atoms with Crippen LogP contribution in [-0.2, 0) is 23.8 Å². The Bertz CT molecular complexity index is 740. The number of fused-ring (bicyclic) bond motifs is 3. The molecular weight excluding hydrogens is 356 g/mol. The number of hydrogen-bond donors (Lipinski definition) is 3. The third-order valence-electron chi connectivity index (χ3n) is 5.49. The predicted molar refractivity (Wildman–Crippen MR) is 92.1 cm³/mol. The highest BCUT2D eigenvalue weighted by Gasteiger charge is 2.58. The zero-order valence-corrected chi connectivity index (χ0v) is 15.3. The maximum Gasteiger partial charge on any atom is 0.334 e. The number of hydrogen-bond acceptors (Lipinski definition) is 8. The molecule has 0 amide bonds. The largest absolute Gasteiger partial charge is 0.458 e. The number of aliphatic hydroxyl groups is 3. The second-order valence-electron chi connectivity index (χ2n) is 7.62. The van der Waals surface area contributed by atoms with Crippen LogP contribution in [0.25, 0.3) is 0 Å². The first kappa shape index (κ1) is 19.8. The first-order chi connectivity index (χ1) is 12.5. The summed E-state index contributed by atoms with van der Waals surface area (Å²) in [5.74, 6) is -3.99. The number of aliphatic hydroxyl groups excluding tert-OH is 2. The molecule has 27 heavy (non-hydrogen) atoms. The van der Waals surface area contributed by atoms with Crippen LogP contribution in [0.15, 0.2) is 36.0 Å². The highest BCUT2D eigenvalue weighted by atomic mass is 16.7. The minimum absolute atomic E-state index is 0.0150. The lowest BCUT2D eigenvalue weighted by atomic mass is 9.80. The maximum atomic E-state index is 12.2. The highest BCUT2D eigenvalue weighted by molar-refractivity contribution is 5.91. The molecule has 0 spiro atoms. The van der Waals surface area contributed by atoms with Gasteiger partial charge in [0.1, 0.15) is 12.2 Å². The van der Waals surface area contributed by atoms with Crippen molar-refractivity contribution in [2.75, 3.05) is 6.61 Å². The number of rotatable bonds is 3. The molecule has 0 aromatic heterocycles. The van der Waals surface area contributed by atoms with Crippen molar-refractivity contribution in [3.8, 4) is 0 Å². The van der Waals surface area contributed by atoms with E-state index < -0.39 is 54.2 Å². The van der Waals surface area contributed by atoms with Gasteiger partial charge in [0.05, 0.1) is 24.2 Å². The van der Waals surface area contributed by atoms with Gasteiger partial charge in [0.15, 0.2) is 5.79 Å². The van der Waals surface area contributed by atoms with Crippen LogP contribution in [-0.4, -0.2) is 63.6 Å². The summed E-state index contributed by atoms with van der Waals surface area (Å²) < 4.78 is 16.6. The van der Waals surface area contributed by atoms with Crippen LogP contribution in [0.5, 0.6) is 0 Å². The molecule has 3 aliphatic heterocycles. The van der Waals surface area contributed by atoms with Gasteiger partial charge in [0, 0.05) is 29.6 Å². The van der Waals surface area contributed by atoms with Gasteiger partial charge in [0.2, 0.25) is 0 Å². The Morgan fingerprint density at radius 2 is 2.11 bits per heavy atom. The third kappa shape index (κ3) is 3.23. The average molecular weight is 380 g/mol. The van der Waals surface area contributed by atoms with Gasteiger partial charge in [-0.3, -0.25) is 0 Å². The van der Waals surface area contributed by atoms with Crippen LogP contribution < -0.4 is 0 Å². The monoisotopic (exact) mass is 380 g/mol. The first-order valence-electron chi connectivity index (χ1n) is 8.69. The summed E-state index contributed by atoms with van der Waals surface area (Å²) >= 11 is 0. The third-order valence-corrected chi connectivity index (χ3v) is 5.49. The van der Waals surface area contributed by atoms with E-state index in [-0.39, 0.29) is 29.6 Å². The lowest BCUT2D eigenvalue weighted by molar-refractivity contribution is -0.211. The minimum Gasteiger partial charge on any atom is -0.458 e. The van der Waals surface area contributed by atoms with Crippen LogP contribution in [0.3, 0.4) is 0 Å². The van der Waals surface area contributed by atoms with Crippen molar-refractivity contribution in [3.05, 3.63) is 36.0 Å². The molecule has 0 radical (unpaired) electrons. The molecule has 148 valence electrons. The molecule has 0 aromatic carbocycles. The second-order valence-corrected chi connectivity index (χ2v) is 7.62. The smallest absolute Gasteiger partial charge is 0.334 e. The molecule has 3 aliphatic rings. The Kier molecular flexibility index (Phi) is 4.80. The quantitative estimate of drug-likeness (QED) is 0.359. The SMILES string of the molecule is C=C(C)C(=O)O[C@@H]1C[C@]2(C)O[C@@](O)(C[C@@H]2O)/C(CO)=C/[C@H]2OC(=O)C(=C)[C@@H]21. The van der Waals surface area contributed by atoms with Gasteiger partial charge in [-0.25, -0.2) is 9.59 Å². The molecule has 2 fully saturated rings. The van der Waals surface area contributed by atoms with Crippen molar-refractivity contribution in [2.24, 2.45) is 5.92 Å². The van der Waals surface area contributed by atoms with Gasteiger partial charge < -0.3 is 29.5 Å². The van der Waals surface area contributed by atoms with Gasteiger partial charge in [-0.2, -0.15) is 0 Å². The summed E-state index contributed by atoms with van der Waals surface area (Å²) in [7, 11) is 0. The van der Waals surface area contributed by atoms with Gasteiger partial charge in [0.25, 0.3) is 0 Å². The fourth-order valence-corrected chi connectivity index (χ4v) is 3.91. The standard InChI is InChI=1S/C19H24O8/c1-9(2)16(22)26-13-6-18(4)14(21)7-19(24,27-18)11(8-20)5-12-15(13)10(3)17(23)25-12/h5,12-15,20-21,24H,1,3,6-8H2,2,4H3/b11-5+/t12-,13-,14+,15+,18+,19+/m1/s1. The second kappa shape index (κ2) is 6.56. The molecule has 3 N–H and O–H groups in total. The molecule has 0 aromatic rings. The van der Waals surface area contributed by atoms with Crippen molar-refractivity contribution in [3.63, 3.8) is 0 Å². The summed E-state index contributed by atoms with van der Waals surface area (Å²) in [5, 5.41) is 31.1. The predicted octanol–water partition coefficient (Wildman–Crippen LogP) is 0.123.